The largest absolute Gasteiger partial charge is 0.361 e. The maximum absolute atomic E-state index is 11.2. The van der Waals surface area contributed by atoms with E-state index in [0.717, 1.165) is 47.8 Å². The van der Waals surface area contributed by atoms with Gasteiger partial charge in [-0.1, -0.05) is 26.0 Å². The van der Waals surface area contributed by atoms with Crippen molar-refractivity contribution in [3.63, 3.8) is 0 Å². The maximum atomic E-state index is 11.2. The van der Waals surface area contributed by atoms with E-state index in [1.54, 1.807) is 12.4 Å². The summed E-state index contributed by atoms with van der Waals surface area (Å²) >= 11 is 0. The number of anilines is 3. The van der Waals surface area contributed by atoms with Gasteiger partial charge in [-0.3, -0.25) is 9.59 Å². The lowest BCUT2D eigenvalue weighted by Gasteiger charge is -2.33. The average Bonchev–Trinajstić information content (AvgIpc) is 2.73. The van der Waals surface area contributed by atoms with Gasteiger partial charge in [0.25, 0.3) is 0 Å². The van der Waals surface area contributed by atoms with E-state index in [9.17, 15) is 9.59 Å². The summed E-state index contributed by atoms with van der Waals surface area (Å²) in [5.41, 5.74) is 7.46. The molecule has 0 bridgehead atoms. The van der Waals surface area contributed by atoms with Gasteiger partial charge in [-0.15, -0.1) is 0 Å². The van der Waals surface area contributed by atoms with E-state index in [-0.39, 0.29) is 6.54 Å². The van der Waals surface area contributed by atoms with Crippen molar-refractivity contribution < 1.29 is 9.59 Å². The highest BCUT2D eigenvalue weighted by molar-refractivity contribution is 6.34. The van der Waals surface area contributed by atoms with Crippen LogP contribution in [-0.4, -0.2) is 34.9 Å². The molecule has 4 N–H and O–H groups in total. The predicted octanol–water partition coefficient (Wildman–Crippen LogP) is 2.19. The lowest BCUT2D eigenvalue weighted by atomic mass is 9.87. The Morgan fingerprint density at radius 3 is 2.28 bits per heavy atom. The number of nitrogens with zero attached hydrogens (tertiary/aromatic N) is 3. The molecule has 0 radical (unpaired) electrons. The fourth-order valence-electron chi connectivity index (χ4n) is 3.46. The summed E-state index contributed by atoms with van der Waals surface area (Å²) in [6, 6.07) is 7.49. The van der Waals surface area contributed by atoms with Crippen LogP contribution in [0, 0.1) is 11.8 Å². The second-order valence-electron chi connectivity index (χ2n) is 7.71. The number of amides is 2. The lowest BCUT2D eigenvalue weighted by molar-refractivity contribution is -0.137. The van der Waals surface area contributed by atoms with Crippen molar-refractivity contribution in [3.05, 3.63) is 42.2 Å². The van der Waals surface area contributed by atoms with Crippen LogP contribution in [-0.2, 0) is 16.1 Å². The number of rotatable bonds is 6. The quantitative estimate of drug-likeness (QED) is 0.645. The highest BCUT2D eigenvalue weighted by Gasteiger charge is 2.22. The fourth-order valence-corrected chi connectivity index (χ4v) is 3.46. The van der Waals surface area contributed by atoms with Gasteiger partial charge in [0.15, 0.2) is 0 Å². The van der Waals surface area contributed by atoms with Crippen LogP contribution in [0.2, 0.25) is 0 Å². The van der Waals surface area contributed by atoms with Gasteiger partial charge in [0.2, 0.25) is 5.95 Å². The van der Waals surface area contributed by atoms with Crippen LogP contribution in [0.4, 0.5) is 17.3 Å². The zero-order chi connectivity index (χ0) is 20.8. The van der Waals surface area contributed by atoms with E-state index in [1.807, 2.05) is 24.3 Å². The summed E-state index contributed by atoms with van der Waals surface area (Å²) in [7, 11) is 0. The van der Waals surface area contributed by atoms with Crippen molar-refractivity contribution in [1.29, 1.82) is 0 Å². The van der Waals surface area contributed by atoms with Crippen LogP contribution in [0.1, 0.15) is 32.3 Å². The second-order valence-corrected chi connectivity index (χ2v) is 7.71. The standard InChI is InChI=1S/C21H28N6O2/c1-14(2)16-7-9-27(10-8-16)21-24-12-18(13-25-21)26-17-5-3-15(4-6-17)11-23-20(29)19(22)28/h3-6,12-14,16,26H,7-11H2,1-2H3,(H2,22,28)(H,23,29). The fraction of sp³-hybridized carbons (Fsp3) is 0.429. The van der Waals surface area contributed by atoms with Crippen LogP contribution >= 0.6 is 0 Å². The highest BCUT2D eigenvalue weighted by atomic mass is 16.2. The number of carbonyl (C=O) groups excluding carboxylic acids is 2. The second kappa shape index (κ2) is 9.36. The van der Waals surface area contributed by atoms with Gasteiger partial charge in [-0.05, 0) is 42.4 Å². The molecule has 0 atom stereocenters. The molecule has 1 aliphatic rings. The smallest absolute Gasteiger partial charge is 0.309 e. The number of benzene rings is 1. The Morgan fingerprint density at radius 2 is 1.72 bits per heavy atom. The Labute approximate surface area is 170 Å². The molecule has 1 saturated heterocycles. The van der Waals surface area contributed by atoms with Crippen molar-refractivity contribution >= 4 is 29.1 Å². The number of nitrogens with two attached hydrogens (primary N) is 1. The third-order valence-corrected chi connectivity index (χ3v) is 5.32. The van der Waals surface area contributed by atoms with Gasteiger partial charge < -0.3 is 21.3 Å². The molecule has 2 amide bonds. The van der Waals surface area contributed by atoms with Crippen molar-refractivity contribution in [3.8, 4) is 0 Å². The van der Waals surface area contributed by atoms with E-state index >= 15 is 0 Å². The monoisotopic (exact) mass is 396 g/mol. The van der Waals surface area contributed by atoms with Crippen LogP contribution in [0.15, 0.2) is 36.7 Å². The van der Waals surface area contributed by atoms with Crippen molar-refractivity contribution in [2.45, 2.75) is 33.2 Å². The molecule has 1 aromatic heterocycles. The molecule has 8 heteroatoms. The normalized spacial score (nSPS) is 14.7. The molecule has 3 rings (SSSR count). The van der Waals surface area contributed by atoms with Gasteiger partial charge >= 0.3 is 11.8 Å². The average molecular weight is 396 g/mol. The van der Waals surface area contributed by atoms with Gasteiger partial charge in [0.05, 0.1) is 18.1 Å². The molecular weight excluding hydrogens is 368 g/mol. The summed E-state index contributed by atoms with van der Waals surface area (Å²) in [5, 5.41) is 5.72. The molecule has 154 valence electrons. The molecule has 0 aliphatic carbocycles. The van der Waals surface area contributed by atoms with Crippen molar-refractivity contribution in [2.24, 2.45) is 17.6 Å². The minimum absolute atomic E-state index is 0.243. The summed E-state index contributed by atoms with van der Waals surface area (Å²) < 4.78 is 0. The number of hydrogen-bond acceptors (Lipinski definition) is 6. The summed E-state index contributed by atoms with van der Waals surface area (Å²) in [6.07, 6.45) is 5.95. The Morgan fingerprint density at radius 1 is 1.10 bits per heavy atom. The Bertz CT molecular complexity index is 827. The molecule has 0 unspecified atom stereocenters. The molecular formula is C21H28N6O2. The number of primary amides is 1. The van der Waals surface area contributed by atoms with Gasteiger partial charge in [0.1, 0.15) is 0 Å². The van der Waals surface area contributed by atoms with Crippen LogP contribution in [0.3, 0.4) is 0 Å². The minimum Gasteiger partial charge on any atom is -0.361 e. The summed E-state index contributed by atoms with van der Waals surface area (Å²) in [4.78, 5) is 33.2. The van der Waals surface area contributed by atoms with E-state index in [4.69, 9.17) is 5.73 Å². The number of carbonyl (C=O) groups is 2. The first-order valence-corrected chi connectivity index (χ1v) is 9.93. The first-order chi connectivity index (χ1) is 13.9. The van der Waals surface area contributed by atoms with E-state index in [0.29, 0.717) is 0 Å². The molecule has 1 fully saturated rings. The number of hydrogen-bond donors (Lipinski definition) is 3. The molecule has 0 saturated carbocycles. The Hall–Kier alpha value is -3.16. The molecule has 29 heavy (non-hydrogen) atoms. The molecule has 1 aliphatic heterocycles. The van der Waals surface area contributed by atoms with E-state index < -0.39 is 11.8 Å². The molecule has 0 spiro atoms. The van der Waals surface area contributed by atoms with Crippen molar-refractivity contribution in [1.82, 2.24) is 15.3 Å². The maximum Gasteiger partial charge on any atom is 0.309 e. The predicted molar refractivity (Wildman–Crippen MR) is 113 cm³/mol. The third-order valence-electron chi connectivity index (χ3n) is 5.32. The van der Waals surface area contributed by atoms with Crippen LogP contribution in [0.25, 0.3) is 0 Å². The van der Waals surface area contributed by atoms with E-state index in [1.165, 1.54) is 12.8 Å². The molecule has 2 heterocycles. The zero-order valence-electron chi connectivity index (χ0n) is 16.9. The topological polar surface area (TPSA) is 113 Å². The van der Waals surface area contributed by atoms with Gasteiger partial charge in [-0.25, -0.2) is 9.97 Å². The van der Waals surface area contributed by atoms with Crippen LogP contribution < -0.4 is 21.3 Å². The number of piperidine rings is 1. The number of nitrogens with one attached hydrogen (secondary N) is 2. The van der Waals surface area contributed by atoms with Crippen molar-refractivity contribution in [2.75, 3.05) is 23.3 Å². The van der Waals surface area contributed by atoms with Crippen LogP contribution in [0.5, 0.6) is 0 Å². The molecule has 1 aromatic carbocycles. The first kappa shape index (κ1) is 20.6. The third kappa shape index (κ3) is 5.66. The number of aromatic nitrogens is 2. The first-order valence-electron chi connectivity index (χ1n) is 9.93. The van der Waals surface area contributed by atoms with E-state index in [2.05, 4.69) is 39.3 Å². The summed E-state index contributed by atoms with van der Waals surface area (Å²) in [6.45, 7) is 6.84. The molecule has 8 nitrogen and oxygen atoms in total. The Kier molecular flexibility index (Phi) is 6.64. The van der Waals surface area contributed by atoms with Gasteiger partial charge in [-0.2, -0.15) is 0 Å². The Balaban J connectivity index is 1.52. The SMILES string of the molecule is CC(C)C1CCN(c2ncc(Nc3ccc(CNC(=O)C(N)=O)cc3)cn2)CC1. The zero-order valence-corrected chi connectivity index (χ0v) is 16.9. The summed E-state index contributed by atoms with van der Waals surface area (Å²) in [5.74, 6) is 0.516. The highest BCUT2D eigenvalue weighted by Crippen LogP contribution is 2.26. The lowest BCUT2D eigenvalue weighted by Crippen LogP contribution is -2.36. The van der Waals surface area contributed by atoms with Gasteiger partial charge in [0, 0.05) is 25.3 Å². The molecule has 2 aromatic rings. The minimum atomic E-state index is -0.990.